The molecule has 1 atom stereocenters. The summed E-state index contributed by atoms with van der Waals surface area (Å²) in [6.07, 6.45) is 1.75. The molecule has 5 nitrogen and oxygen atoms in total. The predicted octanol–water partition coefficient (Wildman–Crippen LogP) is 1.16. The lowest BCUT2D eigenvalue weighted by Crippen LogP contribution is -2.25. The molecule has 0 unspecified atom stereocenters. The molecule has 0 saturated carbocycles. The molecule has 2 heterocycles. The average Bonchev–Trinajstić information content (AvgIpc) is 2.85. The van der Waals surface area contributed by atoms with E-state index in [1.807, 2.05) is 30.5 Å². The van der Waals surface area contributed by atoms with Gasteiger partial charge in [0.2, 0.25) is 0 Å². The van der Waals surface area contributed by atoms with Gasteiger partial charge >= 0.3 is 0 Å². The highest BCUT2D eigenvalue weighted by molar-refractivity contribution is 6.01. The molecule has 1 aromatic heterocycles. The number of aromatic amines is 1. The number of fused-ring (bicyclic) bond motifs is 1. The zero-order valence-electron chi connectivity index (χ0n) is 8.99. The Labute approximate surface area is 97.3 Å². The molecule has 1 amide bonds. The molecule has 1 aromatic carbocycles. The lowest BCUT2D eigenvalue weighted by atomic mass is 10.1. The fraction of sp³-hybridized carbons (Fsp3) is 0.167. The largest absolute Gasteiger partial charge is 0.451 e. The van der Waals surface area contributed by atoms with Gasteiger partial charge in [-0.25, -0.2) is 0 Å². The second kappa shape index (κ2) is 3.62. The Morgan fingerprint density at radius 3 is 2.94 bits per heavy atom. The Bertz CT molecular complexity index is 603. The summed E-state index contributed by atoms with van der Waals surface area (Å²) in [7, 11) is 0. The van der Waals surface area contributed by atoms with Crippen molar-refractivity contribution in [3.8, 4) is 0 Å². The highest BCUT2D eigenvalue weighted by Gasteiger charge is 2.30. The molecule has 3 N–H and O–H groups in total. The van der Waals surface area contributed by atoms with Gasteiger partial charge in [-0.2, -0.15) is 0 Å². The Morgan fingerprint density at radius 1 is 1.35 bits per heavy atom. The van der Waals surface area contributed by atoms with Crippen LogP contribution in [-0.2, 0) is 16.0 Å². The van der Waals surface area contributed by atoms with Crippen LogP contribution in [0.15, 0.2) is 30.5 Å². The van der Waals surface area contributed by atoms with E-state index < -0.39 is 6.10 Å². The van der Waals surface area contributed by atoms with E-state index in [0.717, 1.165) is 16.5 Å². The van der Waals surface area contributed by atoms with E-state index in [-0.39, 0.29) is 11.9 Å². The van der Waals surface area contributed by atoms with Crippen molar-refractivity contribution in [2.45, 2.75) is 12.5 Å². The average molecular weight is 229 g/mol. The number of nitrogens with one attached hydrogen (secondary N) is 3. The lowest BCUT2D eigenvalue weighted by Gasteiger charge is -2.05. The second-order valence-electron chi connectivity index (χ2n) is 3.99. The van der Waals surface area contributed by atoms with E-state index in [9.17, 15) is 4.79 Å². The number of aromatic nitrogens is 1. The molecule has 3 rings (SSSR count). The van der Waals surface area contributed by atoms with Crippen LogP contribution in [0.1, 0.15) is 5.56 Å². The zero-order chi connectivity index (χ0) is 11.8. The minimum absolute atomic E-state index is 0.167. The smallest absolute Gasteiger partial charge is 0.289 e. The van der Waals surface area contributed by atoms with Crippen molar-refractivity contribution in [3.05, 3.63) is 36.0 Å². The van der Waals surface area contributed by atoms with Crippen LogP contribution in [0.5, 0.6) is 0 Å². The normalized spacial score (nSPS) is 19.4. The molecule has 5 heteroatoms. The maximum absolute atomic E-state index is 11.5. The van der Waals surface area contributed by atoms with Crippen molar-refractivity contribution in [2.75, 3.05) is 0 Å². The predicted molar refractivity (Wildman–Crippen MR) is 62.7 cm³/mol. The fourth-order valence-electron chi connectivity index (χ4n) is 2.05. The summed E-state index contributed by atoms with van der Waals surface area (Å²) in [6, 6.07) is 7.73. The first kappa shape index (κ1) is 9.89. The first-order valence-corrected chi connectivity index (χ1v) is 5.35. The number of amides is 1. The minimum atomic E-state index is -0.596. The summed E-state index contributed by atoms with van der Waals surface area (Å²) in [4.78, 5) is 14.6. The minimum Gasteiger partial charge on any atom is -0.451 e. The molecule has 86 valence electrons. The molecule has 0 spiro atoms. The quantitative estimate of drug-likeness (QED) is 0.722. The number of para-hydroxylation sites is 1. The van der Waals surface area contributed by atoms with E-state index in [1.165, 1.54) is 0 Å². The number of benzene rings is 1. The van der Waals surface area contributed by atoms with E-state index in [0.29, 0.717) is 6.42 Å². The van der Waals surface area contributed by atoms with Crippen molar-refractivity contribution in [1.82, 2.24) is 10.3 Å². The van der Waals surface area contributed by atoms with Crippen LogP contribution < -0.4 is 5.32 Å². The fourth-order valence-corrected chi connectivity index (χ4v) is 2.05. The van der Waals surface area contributed by atoms with Crippen LogP contribution in [-0.4, -0.2) is 23.0 Å². The summed E-state index contributed by atoms with van der Waals surface area (Å²) in [5, 5.41) is 10.7. The van der Waals surface area contributed by atoms with Crippen molar-refractivity contribution < 1.29 is 9.53 Å². The number of hydrogen-bond acceptors (Lipinski definition) is 3. The Kier molecular flexibility index (Phi) is 2.11. The first-order chi connectivity index (χ1) is 8.24. The number of ether oxygens (including phenoxy) is 1. The van der Waals surface area contributed by atoms with Gasteiger partial charge in [-0.15, -0.1) is 0 Å². The second-order valence-corrected chi connectivity index (χ2v) is 3.99. The maximum atomic E-state index is 11.5. The van der Waals surface area contributed by atoms with Crippen molar-refractivity contribution in [3.63, 3.8) is 0 Å². The number of hydrogen-bond donors (Lipinski definition) is 3. The van der Waals surface area contributed by atoms with Crippen LogP contribution in [0.2, 0.25) is 0 Å². The molecule has 1 fully saturated rings. The molecule has 0 bridgehead atoms. The highest BCUT2D eigenvalue weighted by atomic mass is 16.5. The molecule has 1 aliphatic rings. The van der Waals surface area contributed by atoms with Gasteiger partial charge in [-0.05, 0) is 11.6 Å². The van der Waals surface area contributed by atoms with Gasteiger partial charge in [0.05, 0.1) is 0 Å². The van der Waals surface area contributed by atoms with Gasteiger partial charge in [-0.3, -0.25) is 15.5 Å². The van der Waals surface area contributed by atoms with Gasteiger partial charge in [0.15, 0.2) is 6.10 Å². The lowest BCUT2D eigenvalue weighted by molar-refractivity contribution is -0.123. The van der Waals surface area contributed by atoms with Crippen molar-refractivity contribution >= 4 is 22.8 Å². The van der Waals surface area contributed by atoms with E-state index in [2.05, 4.69) is 10.3 Å². The third-order valence-electron chi connectivity index (χ3n) is 2.87. The Morgan fingerprint density at radius 2 is 2.18 bits per heavy atom. The van der Waals surface area contributed by atoms with Crippen LogP contribution >= 0.6 is 0 Å². The Balaban J connectivity index is 1.90. The third-order valence-corrected chi connectivity index (χ3v) is 2.87. The first-order valence-electron chi connectivity index (χ1n) is 5.35. The molecular weight excluding hydrogens is 218 g/mol. The SMILES string of the molecule is N=C1NC(=O)[C@@H](Cc2c[nH]c3ccccc23)O1. The zero-order valence-corrected chi connectivity index (χ0v) is 8.99. The maximum Gasteiger partial charge on any atom is 0.289 e. The summed E-state index contributed by atoms with van der Waals surface area (Å²) in [6.45, 7) is 0. The summed E-state index contributed by atoms with van der Waals surface area (Å²) in [5.41, 5.74) is 2.06. The standard InChI is InChI=1S/C12H11N3O2/c13-12-15-11(16)10(17-12)5-7-6-14-9-4-2-1-3-8(7)9/h1-4,6,10,14H,5H2,(H2,13,15,16)/t10-/m1/s1. The van der Waals surface area contributed by atoms with Crippen LogP contribution in [0.4, 0.5) is 0 Å². The van der Waals surface area contributed by atoms with Gasteiger partial charge in [0.1, 0.15) is 0 Å². The van der Waals surface area contributed by atoms with Crippen molar-refractivity contribution in [1.29, 1.82) is 5.41 Å². The number of amidine groups is 1. The van der Waals surface area contributed by atoms with Gasteiger partial charge < -0.3 is 9.72 Å². The molecule has 1 aliphatic heterocycles. The van der Waals surface area contributed by atoms with Gasteiger partial charge in [0.25, 0.3) is 11.9 Å². The van der Waals surface area contributed by atoms with Gasteiger partial charge in [0, 0.05) is 23.5 Å². The molecule has 0 aliphatic carbocycles. The monoisotopic (exact) mass is 229 g/mol. The topological polar surface area (TPSA) is 78.0 Å². The molecular formula is C12H11N3O2. The van der Waals surface area contributed by atoms with E-state index in [1.54, 1.807) is 0 Å². The van der Waals surface area contributed by atoms with E-state index in [4.69, 9.17) is 10.1 Å². The van der Waals surface area contributed by atoms with Crippen LogP contribution in [0, 0.1) is 5.41 Å². The molecule has 0 radical (unpaired) electrons. The van der Waals surface area contributed by atoms with Crippen LogP contribution in [0.3, 0.4) is 0 Å². The van der Waals surface area contributed by atoms with Crippen molar-refractivity contribution in [2.24, 2.45) is 0 Å². The number of carbonyl (C=O) groups excluding carboxylic acids is 1. The van der Waals surface area contributed by atoms with E-state index >= 15 is 0 Å². The third kappa shape index (κ3) is 1.65. The summed E-state index contributed by atoms with van der Waals surface area (Å²) < 4.78 is 5.10. The molecule has 2 aromatic rings. The number of rotatable bonds is 2. The molecule has 17 heavy (non-hydrogen) atoms. The Hall–Kier alpha value is -2.30. The molecule has 1 saturated heterocycles. The van der Waals surface area contributed by atoms with Gasteiger partial charge in [-0.1, -0.05) is 18.2 Å². The number of carbonyl (C=O) groups is 1. The summed E-state index contributed by atoms with van der Waals surface area (Å²) in [5.74, 6) is -0.250. The number of H-pyrrole nitrogens is 1. The highest BCUT2D eigenvalue weighted by Crippen LogP contribution is 2.20. The summed E-state index contributed by atoms with van der Waals surface area (Å²) >= 11 is 0. The van der Waals surface area contributed by atoms with Crippen LogP contribution in [0.25, 0.3) is 10.9 Å².